The van der Waals surface area contributed by atoms with Crippen LogP contribution in [0.1, 0.15) is 38.3 Å². The van der Waals surface area contributed by atoms with Crippen molar-refractivity contribution in [3.63, 3.8) is 0 Å². The average Bonchev–Trinajstić information content (AvgIpc) is 2.97. The van der Waals surface area contributed by atoms with E-state index in [1.165, 1.54) is 0 Å². The van der Waals surface area contributed by atoms with E-state index in [9.17, 15) is 4.79 Å². The van der Waals surface area contributed by atoms with Gasteiger partial charge < -0.3 is 15.4 Å². The van der Waals surface area contributed by atoms with E-state index in [1.807, 2.05) is 25.1 Å². The van der Waals surface area contributed by atoms with Crippen LogP contribution >= 0.6 is 15.9 Å². The van der Waals surface area contributed by atoms with Gasteiger partial charge in [-0.25, -0.2) is 0 Å². The zero-order valence-corrected chi connectivity index (χ0v) is 14.4. The number of ether oxygens (including phenoxy) is 1. The first-order valence-electron chi connectivity index (χ1n) is 7.37. The van der Waals surface area contributed by atoms with Gasteiger partial charge in [0.05, 0.1) is 23.0 Å². The summed E-state index contributed by atoms with van der Waals surface area (Å²) in [7, 11) is 1.64. The molecule has 1 aliphatic heterocycles. The lowest BCUT2D eigenvalue weighted by Crippen LogP contribution is -2.43. The first-order valence-corrected chi connectivity index (χ1v) is 8.17. The van der Waals surface area contributed by atoms with E-state index in [0.717, 1.165) is 41.7 Å². The van der Waals surface area contributed by atoms with Crippen molar-refractivity contribution in [1.29, 1.82) is 0 Å². The molecule has 1 heterocycles. The van der Waals surface area contributed by atoms with Gasteiger partial charge in [0.25, 0.3) is 0 Å². The highest BCUT2D eigenvalue weighted by Crippen LogP contribution is 2.32. The zero-order chi connectivity index (χ0) is 15.5. The van der Waals surface area contributed by atoms with Gasteiger partial charge in [-0.3, -0.25) is 4.79 Å². The molecule has 1 amide bonds. The van der Waals surface area contributed by atoms with Gasteiger partial charge in [0.2, 0.25) is 5.91 Å². The lowest BCUT2D eigenvalue weighted by atomic mass is 9.83. The molecule has 116 valence electrons. The predicted octanol–water partition coefficient (Wildman–Crippen LogP) is 3.02. The van der Waals surface area contributed by atoms with Crippen molar-refractivity contribution in [2.45, 2.75) is 32.7 Å². The second-order valence-corrected chi connectivity index (χ2v) is 6.50. The first kappa shape index (κ1) is 16.3. The molecule has 2 N–H and O–H groups in total. The molecule has 21 heavy (non-hydrogen) atoms. The monoisotopic (exact) mass is 354 g/mol. The molecule has 4 nitrogen and oxygen atoms in total. The third-order valence-electron chi connectivity index (χ3n) is 4.43. The highest BCUT2D eigenvalue weighted by atomic mass is 79.9. The van der Waals surface area contributed by atoms with Gasteiger partial charge in [0.15, 0.2) is 0 Å². The van der Waals surface area contributed by atoms with E-state index in [0.29, 0.717) is 0 Å². The van der Waals surface area contributed by atoms with E-state index in [-0.39, 0.29) is 17.4 Å². The molecule has 1 fully saturated rings. The SMILES string of the molecule is CCC1(C(=O)NC(C)c2ccc(OC)c(Br)c2)CCNC1. The molecule has 0 aliphatic carbocycles. The van der Waals surface area contributed by atoms with Crippen molar-refractivity contribution in [2.24, 2.45) is 5.41 Å². The molecular formula is C16H23BrN2O2. The molecule has 0 radical (unpaired) electrons. The summed E-state index contributed by atoms with van der Waals surface area (Å²) in [5.41, 5.74) is 0.811. The lowest BCUT2D eigenvalue weighted by molar-refractivity contribution is -0.131. The van der Waals surface area contributed by atoms with Gasteiger partial charge in [0, 0.05) is 6.54 Å². The molecular weight excluding hydrogens is 332 g/mol. The number of hydrogen-bond donors (Lipinski definition) is 2. The number of methoxy groups -OCH3 is 1. The number of rotatable bonds is 5. The molecule has 5 heteroatoms. The fourth-order valence-electron chi connectivity index (χ4n) is 2.78. The molecule has 1 aliphatic rings. The summed E-state index contributed by atoms with van der Waals surface area (Å²) in [6.07, 6.45) is 1.78. The van der Waals surface area contributed by atoms with Gasteiger partial charge in [-0.15, -0.1) is 0 Å². The van der Waals surface area contributed by atoms with Crippen molar-refractivity contribution in [2.75, 3.05) is 20.2 Å². The van der Waals surface area contributed by atoms with Gasteiger partial charge in [-0.1, -0.05) is 13.0 Å². The largest absolute Gasteiger partial charge is 0.496 e. The summed E-state index contributed by atoms with van der Waals surface area (Å²) < 4.78 is 6.13. The first-order chi connectivity index (χ1) is 10.0. The fourth-order valence-corrected chi connectivity index (χ4v) is 3.34. The lowest BCUT2D eigenvalue weighted by Gasteiger charge is -2.27. The molecule has 2 rings (SSSR count). The predicted molar refractivity (Wildman–Crippen MR) is 87.5 cm³/mol. The van der Waals surface area contributed by atoms with Crippen LogP contribution in [0.3, 0.4) is 0 Å². The molecule has 0 saturated carbocycles. The van der Waals surface area contributed by atoms with Crippen molar-refractivity contribution in [3.05, 3.63) is 28.2 Å². The third kappa shape index (κ3) is 3.40. The number of carbonyl (C=O) groups excluding carboxylic acids is 1. The maximum Gasteiger partial charge on any atom is 0.228 e. The Labute approximate surface area is 134 Å². The summed E-state index contributed by atoms with van der Waals surface area (Å²) in [5.74, 6) is 0.941. The second kappa shape index (κ2) is 6.79. The Balaban J connectivity index is 2.08. The van der Waals surface area contributed by atoms with Crippen molar-refractivity contribution < 1.29 is 9.53 Å². The summed E-state index contributed by atoms with van der Waals surface area (Å²) in [5, 5.41) is 6.45. The van der Waals surface area contributed by atoms with Crippen molar-refractivity contribution in [3.8, 4) is 5.75 Å². The molecule has 2 atom stereocenters. The highest BCUT2D eigenvalue weighted by Gasteiger charge is 2.39. The fraction of sp³-hybridized carbons (Fsp3) is 0.562. The third-order valence-corrected chi connectivity index (χ3v) is 5.05. The number of amides is 1. The van der Waals surface area contributed by atoms with Crippen LogP contribution in [0.2, 0.25) is 0 Å². The van der Waals surface area contributed by atoms with Crippen LogP contribution in [0.4, 0.5) is 0 Å². The minimum Gasteiger partial charge on any atom is -0.496 e. The normalized spacial score (nSPS) is 22.9. The van der Waals surface area contributed by atoms with Crippen LogP contribution < -0.4 is 15.4 Å². The number of hydrogen-bond acceptors (Lipinski definition) is 3. The Morgan fingerprint density at radius 1 is 1.57 bits per heavy atom. The zero-order valence-electron chi connectivity index (χ0n) is 12.8. The molecule has 1 saturated heterocycles. The van der Waals surface area contributed by atoms with E-state index in [4.69, 9.17) is 4.74 Å². The van der Waals surface area contributed by atoms with Crippen molar-refractivity contribution >= 4 is 21.8 Å². The Morgan fingerprint density at radius 3 is 2.86 bits per heavy atom. The topological polar surface area (TPSA) is 50.4 Å². The minimum atomic E-state index is -0.252. The summed E-state index contributed by atoms with van der Waals surface area (Å²) in [6, 6.07) is 5.87. The Hall–Kier alpha value is -1.07. The molecule has 1 aromatic rings. The smallest absolute Gasteiger partial charge is 0.228 e. The standard InChI is InChI=1S/C16H23BrN2O2/c1-4-16(7-8-18-10-16)15(20)19-11(2)12-5-6-14(21-3)13(17)9-12/h5-6,9,11,18H,4,7-8,10H2,1-3H3,(H,19,20). The molecule has 0 bridgehead atoms. The van der Waals surface area contributed by atoms with E-state index < -0.39 is 0 Å². The molecule has 0 spiro atoms. The van der Waals surface area contributed by atoms with Gasteiger partial charge >= 0.3 is 0 Å². The quantitative estimate of drug-likeness (QED) is 0.854. The van der Waals surface area contributed by atoms with Crippen LogP contribution in [-0.4, -0.2) is 26.1 Å². The van der Waals surface area contributed by atoms with E-state index in [1.54, 1.807) is 7.11 Å². The van der Waals surface area contributed by atoms with Crippen LogP contribution in [0.25, 0.3) is 0 Å². The Morgan fingerprint density at radius 2 is 2.33 bits per heavy atom. The van der Waals surface area contributed by atoms with E-state index >= 15 is 0 Å². The molecule has 0 aromatic heterocycles. The maximum absolute atomic E-state index is 12.6. The van der Waals surface area contributed by atoms with Crippen LogP contribution in [-0.2, 0) is 4.79 Å². The van der Waals surface area contributed by atoms with Gasteiger partial charge in [-0.2, -0.15) is 0 Å². The van der Waals surface area contributed by atoms with Crippen LogP contribution in [0.5, 0.6) is 5.75 Å². The second-order valence-electron chi connectivity index (χ2n) is 5.65. The number of benzene rings is 1. The van der Waals surface area contributed by atoms with Crippen LogP contribution in [0, 0.1) is 5.41 Å². The van der Waals surface area contributed by atoms with E-state index in [2.05, 4.69) is 33.5 Å². The van der Waals surface area contributed by atoms with Gasteiger partial charge in [-0.05, 0) is 59.9 Å². The number of carbonyl (C=O) groups is 1. The van der Waals surface area contributed by atoms with Crippen molar-refractivity contribution in [1.82, 2.24) is 10.6 Å². The highest BCUT2D eigenvalue weighted by molar-refractivity contribution is 9.10. The minimum absolute atomic E-state index is 0.0243. The summed E-state index contributed by atoms with van der Waals surface area (Å²) in [4.78, 5) is 12.6. The number of nitrogens with one attached hydrogen (secondary N) is 2. The number of halogens is 1. The summed E-state index contributed by atoms with van der Waals surface area (Å²) >= 11 is 3.48. The Kier molecular flexibility index (Phi) is 5.27. The Bertz CT molecular complexity index is 513. The van der Waals surface area contributed by atoms with Gasteiger partial charge in [0.1, 0.15) is 5.75 Å². The maximum atomic E-state index is 12.6. The average molecular weight is 355 g/mol. The molecule has 2 unspecified atom stereocenters. The molecule has 1 aromatic carbocycles. The van der Waals surface area contributed by atoms with Crippen LogP contribution in [0.15, 0.2) is 22.7 Å². The summed E-state index contributed by atoms with van der Waals surface area (Å²) in [6.45, 7) is 5.79.